The number of carbonyl (C=O) groups is 1. The van der Waals surface area contributed by atoms with Crippen molar-refractivity contribution in [1.82, 2.24) is 0 Å². The topological polar surface area (TPSA) is 57.5 Å². The van der Waals surface area contributed by atoms with Crippen LogP contribution in [0.15, 0.2) is 35.5 Å². The highest BCUT2D eigenvalue weighted by Crippen LogP contribution is 2.26. The van der Waals surface area contributed by atoms with Crippen molar-refractivity contribution < 1.29 is 15.0 Å². The van der Waals surface area contributed by atoms with Crippen molar-refractivity contribution in [2.24, 2.45) is 5.92 Å². The highest BCUT2D eigenvalue weighted by atomic mass is 16.4. The van der Waals surface area contributed by atoms with Crippen LogP contribution in [-0.2, 0) is 4.79 Å². The Hall–Kier alpha value is -1.35. The molecular formula is C15H22O3. The second-order valence-electron chi connectivity index (χ2n) is 5.08. The smallest absolute Gasteiger partial charge is 0.331 e. The van der Waals surface area contributed by atoms with Gasteiger partial charge < -0.3 is 10.2 Å². The molecular weight excluding hydrogens is 228 g/mol. The average molecular weight is 250 g/mol. The molecule has 0 aromatic heterocycles. The molecule has 0 saturated carbocycles. The van der Waals surface area contributed by atoms with Crippen LogP contribution in [0.25, 0.3) is 0 Å². The standard InChI is InChI=1S/C15H22O3/c1-10-5-4-6-11(2)9-14(16)13(8-7-10)12(3)15(17)18/h6-7,13-14,16H,3-5,8-9H2,1-2H3,(H,17,18)/b10-7+,11-6+. The maximum absolute atomic E-state index is 11.0. The minimum Gasteiger partial charge on any atom is -0.478 e. The second kappa shape index (κ2) is 6.55. The normalized spacial score (nSPS) is 31.7. The van der Waals surface area contributed by atoms with Gasteiger partial charge in [-0.05, 0) is 39.5 Å². The highest BCUT2D eigenvalue weighted by Gasteiger charge is 2.25. The lowest BCUT2D eigenvalue weighted by Crippen LogP contribution is -2.25. The molecule has 3 heteroatoms. The molecule has 0 aromatic rings. The predicted molar refractivity (Wildman–Crippen MR) is 72.3 cm³/mol. The molecule has 0 radical (unpaired) electrons. The molecule has 0 saturated heterocycles. The zero-order valence-electron chi connectivity index (χ0n) is 11.1. The van der Waals surface area contributed by atoms with E-state index in [1.165, 1.54) is 5.57 Å². The quantitative estimate of drug-likeness (QED) is 0.585. The van der Waals surface area contributed by atoms with E-state index in [1.54, 1.807) is 0 Å². The summed E-state index contributed by atoms with van der Waals surface area (Å²) in [6.07, 6.45) is 6.50. The first-order valence-electron chi connectivity index (χ1n) is 6.33. The van der Waals surface area contributed by atoms with Crippen molar-refractivity contribution in [3.8, 4) is 0 Å². The van der Waals surface area contributed by atoms with Crippen LogP contribution < -0.4 is 0 Å². The van der Waals surface area contributed by atoms with Gasteiger partial charge in [0.05, 0.1) is 6.10 Å². The molecule has 18 heavy (non-hydrogen) atoms. The Morgan fingerprint density at radius 1 is 1.33 bits per heavy atom. The van der Waals surface area contributed by atoms with Crippen LogP contribution in [0.4, 0.5) is 0 Å². The molecule has 0 heterocycles. The van der Waals surface area contributed by atoms with Crippen molar-refractivity contribution in [2.45, 2.75) is 45.6 Å². The number of carboxylic acid groups (broad SMARTS) is 1. The number of allylic oxidation sites excluding steroid dienone is 3. The number of aliphatic hydroxyl groups is 1. The first-order valence-corrected chi connectivity index (χ1v) is 6.33. The number of aliphatic hydroxyl groups excluding tert-OH is 1. The Labute approximate surface area is 109 Å². The molecule has 0 aromatic carbocycles. The SMILES string of the molecule is C=C(C(=O)O)C1C/C=C(\C)CC/C=C(\C)CC1O. The summed E-state index contributed by atoms with van der Waals surface area (Å²) in [7, 11) is 0. The van der Waals surface area contributed by atoms with Gasteiger partial charge in [0, 0.05) is 11.5 Å². The number of carboxylic acids is 1. The van der Waals surface area contributed by atoms with Crippen LogP contribution in [0.3, 0.4) is 0 Å². The summed E-state index contributed by atoms with van der Waals surface area (Å²) in [5.74, 6) is -1.43. The molecule has 3 nitrogen and oxygen atoms in total. The summed E-state index contributed by atoms with van der Waals surface area (Å²) in [6.45, 7) is 7.61. The highest BCUT2D eigenvalue weighted by molar-refractivity contribution is 5.86. The van der Waals surface area contributed by atoms with E-state index in [0.29, 0.717) is 12.8 Å². The fraction of sp³-hybridized carbons (Fsp3) is 0.533. The maximum atomic E-state index is 11.0. The summed E-state index contributed by atoms with van der Waals surface area (Å²) in [4.78, 5) is 11.0. The summed E-state index contributed by atoms with van der Waals surface area (Å²) in [6, 6.07) is 0. The first kappa shape index (κ1) is 14.7. The van der Waals surface area contributed by atoms with E-state index in [9.17, 15) is 9.90 Å². The van der Waals surface area contributed by atoms with E-state index in [2.05, 4.69) is 12.7 Å². The van der Waals surface area contributed by atoms with Crippen LogP contribution in [0.1, 0.15) is 39.5 Å². The lowest BCUT2D eigenvalue weighted by molar-refractivity contribution is -0.133. The molecule has 0 bridgehead atoms. The van der Waals surface area contributed by atoms with E-state index in [-0.39, 0.29) is 5.57 Å². The van der Waals surface area contributed by atoms with Crippen LogP contribution >= 0.6 is 0 Å². The lowest BCUT2D eigenvalue weighted by atomic mass is 9.86. The Bertz CT molecular complexity index is 391. The zero-order chi connectivity index (χ0) is 13.7. The Morgan fingerprint density at radius 3 is 2.61 bits per heavy atom. The van der Waals surface area contributed by atoms with Gasteiger partial charge in [-0.15, -0.1) is 0 Å². The summed E-state index contributed by atoms with van der Waals surface area (Å²) in [5.41, 5.74) is 2.44. The van der Waals surface area contributed by atoms with Gasteiger partial charge in [0.2, 0.25) is 0 Å². The predicted octanol–water partition coefficient (Wildman–Crippen LogP) is 3.07. The molecule has 0 fully saturated rings. The molecule has 0 amide bonds. The van der Waals surface area contributed by atoms with Gasteiger partial charge in [-0.25, -0.2) is 4.79 Å². The van der Waals surface area contributed by atoms with Crippen molar-refractivity contribution in [1.29, 1.82) is 0 Å². The molecule has 0 aliphatic heterocycles. The number of rotatable bonds is 2. The van der Waals surface area contributed by atoms with Gasteiger partial charge in [-0.2, -0.15) is 0 Å². The van der Waals surface area contributed by atoms with Gasteiger partial charge >= 0.3 is 5.97 Å². The van der Waals surface area contributed by atoms with Crippen LogP contribution in [-0.4, -0.2) is 22.3 Å². The van der Waals surface area contributed by atoms with Gasteiger partial charge in [0.25, 0.3) is 0 Å². The first-order chi connectivity index (χ1) is 8.41. The van der Waals surface area contributed by atoms with Crippen molar-refractivity contribution in [2.75, 3.05) is 0 Å². The van der Waals surface area contributed by atoms with Gasteiger partial charge in [0.1, 0.15) is 0 Å². The minimum atomic E-state index is -1.02. The summed E-state index contributed by atoms with van der Waals surface area (Å²) in [5, 5.41) is 19.2. The fourth-order valence-corrected chi connectivity index (χ4v) is 2.22. The monoisotopic (exact) mass is 250 g/mol. The van der Waals surface area contributed by atoms with Gasteiger partial charge in [-0.1, -0.05) is 29.9 Å². The van der Waals surface area contributed by atoms with Crippen LogP contribution in [0.2, 0.25) is 0 Å². The Morgan fingerprint density at radius 2 is 2.00 bits per heavy atom. The molecule has 1 rings (SSSR count). The Kier molecular flexibility index (Phi) is 5.35. The largest absolute Gasteiger partial charge is 0.478 e. The summed E-state index contributed by atoms with van der Waals surface area (Å²) >= 11 is 0. The van der Waals surface area contributed by atoms with Crippen LogP contribution in [0, 0.1) is 5.92 Å². The molecule has 2 atom stereocenters. The summed E-state index contributed by atoms with van der Waals surface area (Å²) < 4.78 is 0. The molecule has 2 unspecified atom stereocenters. The average Bonchev–Trinajstić information content (AvgIpc) is 2.27. The fourth-order valence-electron chi connectivity index (χ4n) is 2.22. The molecule has 0 spiro atoms. The van der Waals surface area contributed by atoms with E-state index in [0.717, 1.165) is 18.4 Å². The van der Waals surface area contributed by atoms with E-state index in [1.807, 2.05) is 19.9 Å². The third-order valence-corrected chi connectivity index (χ3v) is 3.47. The molecule has 1 aliphatic carbocycles. The molecule has 100 valence electrons. The Balaban J connectivity index is 2.94. The molecule has 1 aliphatic rings. The van der Waals surface area contributed by atoms with Gasteiger partial charge in [0.15, 0.2) is 0 Å². The van der Waals surface area contributed by atoms with E-state index in [4.69, 9.17) is 5.11 Å². The maximum Gasteiger partial charge on any atom is 0.331 e. The molecule has 2 N–H and O–H groups in total. The van der Waals surface area contributed by atoms with Crippen molar-refractivity contribution in [3.05, 3.63) is 35.5 Å². The zero-order valence-corrected chi connectivity index (χ0v) is 11.1. The lowest BCUT2D eigenvalue weighted by Gasteiger charge is -2.23. The van der Waals surface area contributed by atoms with Gasteiger partial charge in [-0.3, -0.25) is 0 Å². The van der Waals surface area contributed by atoms with Crippen molar-refractivity contribution in [3.63, 3.8) is 0 Å². The number of hydrogen-bond acceptors (Lipinski definition) is 2. The van der Waals surface area contributed by atoms with E-state index >= 15 is 0 Å². The third kappa shape index (κ3) is 4.15. The van der Waals surface area contributed by atoms with Crippen LogP contribution in [0.5, 0.6) is 0 Å². The second-order valence-corrected chi connectivity index (χ2v) is 5.08. The van der Waals surface area contributed by atoms with Crippen molar-refractivity contribution >= 4 is 5.97 Å². The number of hydrogen-bond donors (Lipinski definition) is 2. The minimum absolute atomic E-state index is 0.0972. The third-order valence-electron chi connectivity index (χ3n) is 3.47. The number of aliphatic carboxylic acids is 1. The van der Waals surface area contributed by atoms with E-state index < -0.39 is 18.0 Å².